The first-order valence-electron chi connectivity index (χ1n) is 3.18. The number of hydrogen-bond acceptors (Lipinski definition) is 1. The van der Waals surface area contributed by atoms with E-state index in [1.54, 1.807) is 0 Å². The van der Waals surface area contributed by atoms with Crippen LogP contribution in [-0.2, 0) is 0 Å². The highest BCUT2D eigenvalue weighted by Crippen LogP contribution is 2.20. The van der Waals surface area contributed by atoms with Crippen molar-refractivity contribution in [1.29, 1.82) is 0 Å². The molecular weight excluding hydrogens is 186 g/mol. The quantitative estimate of drug-likeness (QED) is 0.492. The maximum absolute atomic E-state index is 12.9. The number of carbonyl (C=O) groups is 1. The predicted octanol–water partition coefficient (Wildman–Crippen LogP) is 2.82. The van der Waals surface area contributed by atoms with E-state index in [0.717, 1.165) is 19.1 Å². The molecule has 0 amide bonds. The lowest BCUT2D eigenvalue weighted by Gasteiger charge is -2.00. The van der Waals surface area contributed by atoms with Crippen LogP contribution in [0.2, 0.25) is 5.02 Å². The van der Waals surface area contributed by atoms with E-state index in [4.69, 9.17) is 11.6 Å². The molecule has 0 unspecified atom stereocenters. The number of rotatable bonds is 1. The summed E-state index contributed by atoms with van der Waals surface area (Å²) in [5, 5.41) is -0.375. The molecule has 0 aliphatic carbocycles. The van der Waals surface area contributed by atoms with E-state index < -0.39 is 17.4 Å². The van der Waals surface area contributed by atoms with Gasteiger partial charge < -0.3 is 0 Å². The van der Waals surface area contributed by atoms with Gasteiger partial charge in [-0.15, -0.1) is 0 Å². The van der Waals surface area contributed by atoms with Crippen LogP contribution in [0.15, 0.2) is 12.1 Å². The van der Waals surface area contributed by atoms with Crippen molar-refractivity contribution in [2.24, 2.45) is 0 Å². The minimum atomic E-state index is -0.870. The molecule has 12 heavy (non-hydrogen) atoms. The van der Waals surface area contributed by atoms with Crippen molar-refractivity contribution in [1.82, 2.24) is 0 Å². The summed E-state index contributed by atoms with van der Waals surface area (Å²) in [7, 11) is 0. The Labute approximate surface area is 73.0 Å². The second-order valence-corrected chi connectivity index (χ2v) is 2.71. The monoisotopic (exact) mass is 190 g/mol. The zero-order valence-electron chi connectivity index (χ0n) is 6.20. The lowest BCUT2D eigenvalue weighted by atomic mass is 10.1. The fourth-order valence-corrected chi connectivity index (χ4v) is 1.02. The zero-order chi connectivity index (χ0) is 9.30. The molecule has 0 aromatic heterocycles. The first-order valence-corrected chi connectivity index (χ1v) is 3.55. The van der Waals surface area contributed by atoms with Gasteiger partial charge in [0.05, 0.1) is 10.6 Å². The molecule has 1 rings (SSSR count). The zero-order valence-corrected chi connectivity index (χ0v) is 6.95. The summed E-state index contributed by atoms with van der Waals surface area (Å²) in [6, 6.07) is 1.65. The minimum absolute atomic E-state index is 0.319. The summed E-state index contributed by atoms with van der Waals surface area (Å²) >= 11 is 5.30. The van der Waals surface area contributed by atoms with Crippen molar-refractivity contribution in [3.05, 3.63) is 34.4 Å². The summed E-state index contributed by atoms with van der Waals surface area (Å²) in [5.41, 5.74) is -0.319. The third-order valence-corrected chi connectivity index (χ3v) is 1.65. The van der Waals surface area contributed by atoms with Crippen molar-refractivity contribution in [2.45, 2.75) is 6.92 Å². The Kier molecular flexibility index (Phi) is 2.43. The van der Waals surface area contributed by atoms with E-state index in [0.29, 0.717) is 0 Å². The molecule has 1 aromatic carbocycles. The van der Waals surface area contributed by atoms with Crippen LogP contribution in [0.4, 0.5) is 8.78 Å². The van der Waals surface area contributed by atoms with Gasteiger partial charge in [-0.3, -0.25) is 4.79 Å². The number of carbonyl (C=O) groups excluding carboxylic acids is 1. The summed E-state index contributed by atoms with van der Waals surface area (Å²) in [4.78, 5) is 10.7. The average molecular weight is 191 g/mol. The second-order valence-electron chi connectivity index (χ2n) is 2.31. The van der Waals surface area contributed by atoms with Crippen LogP contribution >= 0.6 is 11.6 Å². The van der Waals surface area contributed by atoms with Crippen molar-refractivity contribution in [3.8, 4) is 0 Å². The standard InChI is InChI=1S/C8H5ClF2O/c1-4(12)6-2-5(10)3-7(9)8(6)11/h2-3H,1H3. The Morgan fingerprint density at radius 2 is 2.00 bits per heavy atom. The molecule has 64 valence electrons. The van der Waals surface area contributed by atoms with Gasteiger partial charge in [0.25, 0.3) is 0 Å². The van der Waals surface area contributed by atoms with Gasteiger partial charge in [0, 0.05) is 0 Å². The molecule has 0 fully saturated rings. The largest absolute Gasteiger partial charge is 0.294 e. The SMILES string of the molecule is CC(=O)c1cc(F)cc(Cl)c1F. The number of Topliss-reactive ketones (excluding diaryl/α,β-unsaturated/α-hetero) is 1. The van der Waals surface area contributed by atoms with Gasteiger partial charge in [-0.1, -0.05) is 11.6 Å². The summed E-state index contributed by atoms with van der Waals surface area (Å²) in [6.07, 6.45) is 0. The lowest BCUT2D eigenvalue weighted by molar-refractivity contribution is 0.101. The van der Waals surface area contributed by atoms with Crippen LogP contribution < -0.4 is 0 Å². The lowest BCUT2D eigenvalue weighted by Crippen LogP contribution is -1.98. The molecule has 0 saturated heterocycles. The van der Waals surface area contributed by atoms with E-state index >= 15 is 0 Å². The Morgan fingerprint density at radius 3 is 2.50 bits per heavy atom. The Bertz CT molecular complexity index is 336. The van der Waals surface area contributed by atoms with Crippen LogP contribution in [-0.4, -0.2) is 5.78 Å². The molecule has 1 aromatic rings. The topological polar surface area (TPSA) is 17.1 Å². The average Bonchev–Trinajstić information content (AvgIpc) is 1.96. The molecule has 0 heterocycles. The van der Waals surface area contributed by atoms with Crippen LogP contribution in [0, 0.1) is 11.6 Å². The van der Waals surface area contributed by atoms with E-state index in [1.807, 2.05) is 0 Å². The second kappa shape index (κ2) is 3.19. The van der Waals surface area contributed by atoms with E-state index in [2.05, 4.69) is 0 Å². The molecular formula is C8H5ClF2O. The molecule has 0 aliphatic rings. The van der Waals surface area contributed by atoms with Crippen molar-refractivity contribution in [2.75, 3.05) is 0 Å². The third kappa shape index (κ3) is 1.61. The van der Waals surface area contributed by atoms with Crippen LogP contribution in [0.3, 0.4) is 0 Å². The van der Waals surface area contributed by atoms with Crippen LogP contribution in [0.25, 0.3) is 0 Å². The predicted molar refractivity (Wildman–Crippen MR) is 41.4 cm³/mol. The minimum Gasteiger partial charge on any atom is -0.294 e. The van der Waals surface area contributed by atoms with Gasteiger partial charge in [-0.05, 0) is 19.1 Å². The fraction of sp³-hybridized carbons (Fsp3) is 0.125. The van der Waals surface area contributed by atoms with E-state index in [9.17, 15) is 13.6 Å². The van der Waals surface area contributed by atoms with E-state index in [-0.39, 0.29) is 10.6 Å². The summed E-state index contributed by atoms with van der Waals surface area (Å²) in [5.74, 6) is -2.13. The van der Waals surface area contributed by atoms with Crippen LogP contribution in [0.1, 0.15) is 17.3 Å². The highest BCUT2D eigenvalue weighted by atomic mass is 35.5. The molecule has 4 heteroatoms. The molecule has 0 bridgehead atoms. The van der Waals surface area contributed by atoms with Crippen molar-refractivity contribution >= 4 is 17.4 Å². The maximum atomic E-state index is 12.9. The first-order chi connectivity index (χ1) is 5.52. The van der Waals surface area contributed by atoms with E-state index in [1.165, 1.54) is 0 Å². The molecule has 0 N–H and O–H groups in total. The normalized spacial score (nSPS) is 10.0. The Morgan fingerprint density at radius 1 is 1.42 bits per heavy atom. The molecule has 0 radical (unpaired) electrons. The van der Waals surface area contributed by atoms with Gasteiger partial charge >= 0.3 is 0 Å². The van der Waals surface area contributed by atoms with Crippen molar-refractivity contribution in [3.63, 3.8) is 0 Å². The highest BCUT2D eigenvalue weighted by molar-refractivity contribution is 6.31. The number of ketones is 1. The van der Waals surface area contributed by atoms with Crippen LogP contribution in [0.5, 0.6) is 0 Å². The van der Waals surface area contributed by atoms with Gasteiger partial charge in [0.2, 0.25) is 0 Å². The molecule has 1 nitrogen and oxygen atoms in total. The molecule has 0 spiro atoms. The first kappa shape index (κ1) is 9.13. The fourth-order valence-electron chi connectivity index (χ4n) is 0.812. The number of halogens is 3. The highest BCUT2D eigenvalue weighted by Gasteiger charge is 2.12. The number of benzene rings is 1. The van der Waals surface area contributed by atoms with Crippen molar-refractivity contribution < 1.29 is 13.6 Å². The Balaban J connectivity index is 3.37. The van der Waals surface area contributed by atoms with Gasteiger partial charge in [0.1, 0.15) is 5.82 Å². The third-order valence-electron chi connectivity index (χ3n) is 1.37. The molecule has 0 aliphatic heterocycles. The summed E-state index contributed by atoms with van der Waals surface area (Å²) < 4.78 is 25.5. The Hall–Kier alpha value is -0.960. The molecule has 0 atom stereocenters. The molecule has 0 saturated carbocycles. The van der Waals surface area contributed by atoms with Gasteiger partial charge in [0.15, 0.2) is 11.6 Å². The summed E-state index contributed by atoms with van der Waals surface area (Å²) in [6.45, 7) is 1.15. The smallest absolute Gasteiger partial charge is 0.162 e. The van der Waals surface area contributed by atoms with Gasteiger partial charge in [-0.25, -0.2) is 8.78 Å². The van der Waals surface area contributed by atoms with Gasteiger partial charge in [-0.2, -0.15) is 0 Å². The number of hydrogen-bond donors (Lipinski definition) is 0. The maximum Gasteiger partial charge on any atom is 0.162 e.